The summed E-state index contributed by atoms with van der Waals surface area (Å²) in [6.07, 6.45) is -0.0210. The first-order chi connectivity index (χ1) is 9.95. The molecule has 1 aromatic carbocycles. The van der Waals surface area contributed by atoms with E-state index in [2.05, 4.69) is 5.32 Å². The summed E-state index contributed by atoms with van der Waals surface area (Å²) in [5.74, 6) is -1.56. The smallest absolute Gasteiger partial charge is 0.326 e. The number of amides is 1. The largest absolute Gasteiger partial charge is 0.480 e. The lowest BCUT2D eigenvalue weighted by Gasteiger charge is -2.22. The van der Waals surface area contributed by atoms with Crippen LogP contribution in [0.2, 0.25) is 0 Å². The van der Waals surface area contributed by atoms with Crippen molar-refractivity contribution < 1.29 is 19.4 Å². The van der Waals surface area contributed by atoms with E-state index >= 15 is 0 Å². The molecule has 5 nitrogen and oxygen atoms in total. The summed E-state index contributed by atoms with van der Waals surface area (Å²) in [7, 11) is 0. The summed E-state index contributed by atoms with van der Waals surface area (Å²) in [6, 6.07) is 8.63. The van der Waals surface area contributed by atoms with Crippen molar-refractivity contribution >= 4 is 11.9 Å². The average molecular weight is 293 g/mol. The number of carboxylic acids is 1. The zero-order chi connectivity index (χ0) is 15.8. The standard InChI is InChI=1S/C16H23NO4/c1-4-11(2)14(16(19)20)17-15(18)12(3)21-10-13-8-6-5-7-9-13/h5-9,11-12,14H,4,10H2,1-3H3,(H,17,18)(H,19,20)/t11-,12?,14-/m0/s1. The molecule has 21 heavy (non-hydrogen) atoms. The lowest BCUT2D eigenvalue weighted by molar-refractivity contribution is -0.145. The maximum Gasteiger partial charge on any atom is 0.326 e. The highest BCUT2D eigenvalue weighted by Crippen LogP contribution is 2.09. The minimum Gasteiger partial charge on any atom is -0.480 e. The fourth-order valence-electron chi connectivity index (χ4n) is 1.82. The summed E-state index contributed by atoms with van der Waals surface area (Å²) in [4.78, 5) is 23.2. The van der Waals surface area contributed by atoms with Gasteiger partial charge in [-0.15, -0.1) is 0 Å². The lowest BCUT2D eigenvalue weighted by atomic mass is 9.99. The Morgan fingerprint density at radius 2 is 1.86 bits per heavy atom. The quantitative estimate of drug-likeness (QED) is 0.770. The number of ether oxygens (including phenoxy) is 1. The van der Waals surface area contributed by atoms with Gasteiger partial charge in [-0.25, -0.2) is 4.79 Å². The van der Waals surface area contributed by atoms with Gasteiger partial charge in [-0.1, -0.05) is 50.6 Å². The van der Waals surface area contributed by atoms with Gasteiger partial charge in [0.2, 0.25) is 5.91 Å². The van der Waals surface area contributed by atoms with Crippen molar-refractivity contribution in [2.45, 2.75) is 45.9 Å². The zero-order valence-corrected chi connectivity index (χ0v) is 12.7. The molecular weight excluding hydrogens is 270 g/mol. The molecule has 0 aliphatic heterocycles. The third kappa shape index (κ3) is 5.55. The maximum atomic E-state index is 12.0. The van der Waals surface area contributed by atoms with Gasteiger partial charge in [0.05, 0.1) is 6.61 Å². The van der Waals surface area contributed by atoms with Crippen molar-refractivity contribution in [2.24, 2.45) is 5.92 Å². The number of hydrogen-bond donors (Lipinski definition) is 2. The molecule has 0 saturated carbocycles. The van der Waals surface area contributed by atoms with Crippen LogP contribution in [-0.2, 0) is 20.9 Å². The van der Waals surface area contributed by atoms with Crippen LogP contribution in [0.3, 0.4) is 0 Å². The van der Waals surface area contributed by atoms with Gasteiger partial charge >= 0.3 is 5.97 Å². The summed E-state index contributed by atoms with van der Waals surface area (Å²) >= 11 is 0. The van der Waals surface area contributed by atoms with Crippen LogP contribution in [0.4, 0.5) is 0 Å². The molecule has 0 aliphatic carbocycles. The molecule has 1 rings (SSSR count). The molecule has 1 aromatic rings. The van der Waals surface area contributed by atoms with Crippen molar-refractivity contribution in [3.63, 3.8) is 0 Å². The van der Waals surface area contributed by atoms with Crippen molar-refractivity contribution in [3.8, 4) is 0 Å². The Hall–Kier alpha value is -1.88. The SMILES string of the molecule is CC[C@H](C)[C@H](NC(=O)C(C)OCc1ccccc1)C(=O)O. The lowest BCUT2D eigenvalue weighted by Crippen LogP contribution is -2.48. The third-order valence-electron chi connectivity index (χ3n) is 3.49. The van der Waals surface area contributed by atoms with Crippen molar-refractivity contribution in [1.82, 2.24) is 5.32 Å². The van der Waals surface area contributed by atoms with Crippen molar-refractivity contribution in [3.05, 3.63) is 35.9 Å². The average Bonchev–Trinajstić information content (AvgIpc) is 2.49. The highest BCUT2D eigenvalue weighted by atomic mass is 16.5. The first-order valence-electron chi connectivity index (χ1n) is 7.14. The van der Waals surface area contributed by atoms with E-state index in [1.807, 2.05) is 37.3 Å². The molecule has 0 aromatic heterocycles. The maximum absolute atomic E-state index is 12.0. The molecule has 1 unspecified atom stereocenters. The Bertz CT molecular complexity index is 461. The Balaban J connectivity index is 2.51. The van der Waals surface area contributed by atoms with Crippen LogP contribution in [0.25, 0.3) is 0 Å². The summed E-state index contributed by atoms with van der Waals surface area (Å²) in [5.41, 5.74) is 0.967. The van der Waals surface area contributed by atoms with Crippen LogP contribution < -0.4 is 5.32 Å². The van der Waals surface area contributed by atoms with E-state index in [1.54, 1.807) is 13.8 Å². The minimum absolute atomic E-state index is 0.132. The van der Waals surface area contributed by atoms with E-state index in [-0.39, 0.29) is 5.92 Å². The van der Waals surface area contributed by atoms with E-state index in [4.69, 9.17) is 9.84 Å². The molecule has 0 saturated heterocycles. The van der Waals surface area contributed by atoms with Crippen LogP contribution in [0.1, 0.15) is 32.8 Å². The van der Waals surface area contributed by atoms with Gasteiger partial charge < -0.3 is 15.2 Å². The van der Waals surface area contributed by atoms with Crippen molar-refractivity contribution in [1.29, 1.82) is 0 Å². The predicted molar refractivity (Wildman–Crippen MR) is 79.7 cm³/mol. The molecule has 116 valence electrons. The molecule has 0 spiro atoms. The molecule has 1 amide bonds. The van der Waals surface area contributed by atoms with Gasteiger partial charge in [-0.05, 0) is 18.4 Å². The molecule has 0 bridgehead atoms. The number of nitrogens with one attached hydrogen (secondary N) is 1. The molecule has 5 heteroatoms. The molecular formula is C16H23NO4. The fourth-order valence-corrected chi connectivity index (χ4v) is 1.82. The molecule has 3 atom stereocenters. The van der Waals surface area contributed by atoms with Crippen LogP contribution in [-0.4, -0.2) is 29.1 Å². The molecule has 0 radical (unpaired) electrons. The highest BCUT2D eigenvalue weighted by molar-refractivity contribution is 5.86. The normalized spacial score (nSPS) is 15.0. The van der Waals surface area contributed by atoms with Gasteiger partial charge in [-0.3, -0.25) is 4.79 Å². The van der Waals surface area contributed by atoms with Crippen LogP contribution in [0.15, 0.2) is 30.3 Å². The zero-order valence-electron chi connectivity index (χ0n) is 12.7. The van der Waals surface area contributed by atoms with E-state index in [0.29, 0.717) is 13.0 Å². The first-order valence-corrected chi connectivity index (χ1v) is 7.14. The monoisotopic (exact) mass is 293 g/mol. The molecule has 0 heterocycles. The molecule has 2 N–H and O–H groups in total. The second-order valence-corrected chi connectivity index (χ2v) is 5.15. The second-order valence-electron chi connectivity index (χ2n) is 5.15. The topological polar surface area (TPSA) is 75.6 Å². The number of aliphatic carboxylic acids is 1. The van der Waals surface area contributed by atoms with Crippen molar-refractivity contribution in [2.75, 3.05) is 0 Å². The van der Waals surface area contributed by atoms with Gasteiger partial charge in [-0.2, -0.15) is 0 Å². The van der Waals surface area contributed by atoms with Crippen LogP contribution in [0, 0.1) is 5.92 Å². The Morgan fingerprint density at radius 1 is 1.24 bits per heavy atom. The van der Waals surface area contributed by atoms with Gasteiger partial charge in [0.15, 0.2) is 0 Å². The van der Waals surface area contributed by atoms with Gasteiger partial charge in [0.1, 0.15) is 12.1 Å². The Kier molecular flexibility index (Phi) is 6.88. The number of carbonyl (C=O) groups excluding carboxylic acids is 1. The number of rotatable bonds is 8. The summed E-state index contributed by atoms with van der Waals surface area (Å²) < 4.78 is 5.48. The molecule has 0 fully saturated rings. The van der Waals surface area contributed by atoms with E-state index in [9.17, 15) is 9.59 Å². The Labute approximate surface area is 125 Å². The minimum atomic E-state index is -1.02. The summed E-state index contributed by atoms with van der Waals surface area (Å²) in [6.45, 7) is 5.63. The molecule has 0 aliphatic rings. The number of hydrogen-bond acceptors (Lipinski definition) is 3. The number of carboxylic acid groups (broad SMARTS) is 1. The second kappa shape index (κ2) is 8.42. The Morgan fingerprint density at radius 3 is 2.38 bits per heavy atom. The van der Waals surface area contributed by atoms with E-state index in [1.165, 1.54) is 0 Å². The number of benzene rings is 1. The third-order valence-corrected chi connectivity index (χ3v) is 3.49. The number of carbonyl (C=O) groups is 2. The highest BCUT2D eigenvalue weighted by Gasteiger charge is 2.27. The van der Waals surface area contributed by atoms with E-state index in [0.717, 1.165) is 5.56 Å². The first kappa shape index (κ1) is 17.2. The van der Waals surface area contributed by atoms with Gasteiger partial charge in [0.25, 0.3) is 0 Å². The van der Waals surface area contributed by atoms with Crippen LogP contribution >= 0.6 is 0 Å². The fraction of sp³-hybridized carbons (Fsp3) is 0.500. The van der Waals surface area contributed by atoms with Crippen LogP contribution in [0.5, 0.6) is 0 Å². The predicted octanol–water partition coefficient (Wildman–Crippen LogP) is 2.21. The summed E-state index contributed by atoms with van der Waals surface area (Å²) in [5, 5.41) is 11.7. The van der Waals surface area contributed by atoms with E-state index < -0.39 is 24.0 Å². The van der Waals surface area contributed by atoms with Gasteiger partial charge in [0, 0.05) is 0 Å².